The standard InChI is InChI=1S/C26H27N3O2/c1-2-11-25(31)12-13-26(15-19-3-7-22(8-4-19)29-17-27-28-18-29)21(16-25)6-5-20-14-23(30)9-10-24(20)26/h3-4,7-10,14,17-18,21,30-31H,5-6,12-13,15-16H2,1H3/t21-,25-,26+/m1/s1. The van der Waals surface area contributed by atoms with Gasteiger partial charge in [-0.15, -0.1) is 16.1 Å². The van der Waals surface area contributed by atoms with E-state index >= 15 is 0 Å². The number of nitrogens with zero attached hydrogens (tertiary/aromatic N) is 3. The first-order chi connectivity index (χ1) is 15.0. The molecule has 0 amide bonds. The Balaban J connectivity index is 1.53. The van der Waals surface area contributed by atoms with Crippen LogP contribution in [0.1, 0.15) is 49.3 Å². The van der Waals surface area contributed by atoms with E-state index in [1.807, 2.05) is 16.7 Å². The minimum absolute atomic E-state index is 0.0546. The van der Waals surface area contributed by atoms with E-state index in [1.54, 1.807) is 19.6 Å². The summed E-state index contributed by atoms with van der Waals surface area (Å²) in [6, 6.07) is 14.4. The summed E-state index contributed by atoms with van der Waals surface area (Å²) in [5.74, 6) is 6.70. The van der Waals surface area contributed by atoms with Gasteiger partial charge in [-0.25, -0.2) is 0 Å². The van der Waals surface area contributed by atoms with E-state index in [9.17, 15) is 10.2 Å². The zero-order valence-corrected chi connectivity index (χ0v) is 17.8. The van der Waals surface area contributed by atoms with Crippen molar-refractivity contribution in [3.05, 3.63) is 71.8 Å². The SMILES string of the molecule is CC#C[C@@]1(O)CC[C@@]2(Cc3ccc(-n4cnnc4)cc3)c3ccc(O)cc3CC[C@@H]2C1. The van der Waals surface area contributed by atoms with Crippen LogP contribution in [0.2, 0.25) is 0 Å². The maximum Gasteiger partial charge on any atom is 0.125 e. The van der Waals surface area contributed by atoms with Crippen LogP contribution in [0.5, 0.6) is 5.75 Å². The molecule has 3 atom stereocenters. The number of aromatic hydroxyl groups is 1. The second kappa shape index (κ2) is 7.55. The molecule has 0 unspecified atom stereocenters. The molecule has 2 aliphatic rings. The highest BCUT2D eigenvalue weighted by molar-refractivity contribution is 5.45. The molecule has 1 heterocycles. The number of hydrogen-bond acceptors (Lipinski definition) is 4. The number of aryl methyl sites for hydroxylation is 1. The summed E-state index contributed by atoms with van der Waals surface area (Å²) in [5, 5.41) is 28.9. The molecule has 0 saturated heterocycles. The predicted molar refractivity (Wildman–Crippen MR) is 119 cm³/mol. The quantitative estimate of drug-likeness (QED) is 0.638. The average molecular weight is 414 g/mol. The molecule has 0 radical (unpaired) electrons. The maximum atomic E-state index is 11.1. The van der Waals surface area contributed by atoms with E-state index in [2.05, 4.69) is 52.4 Å². The summed E-state index contributed by atoms with van der Waals surface area (Å²) in [5.41, 5.74) is 3.93. The smallest absolute Gasteiger partial charge is 0.125 e. The van der Waals surface area contributed by atoms with Crippen LogP contribution in [-0.2, 0) is 18.3 Å². The maximum absolute atomic E-state index is 11.1. The number of fused-ring (bicyclic) bond motifs is 3. The normalized spacial score (nSPS) is 27.0. The van der Waals surface area contributed by atoms with E-state index in [-0.39, 0.29) is 5.41 Å². The second-order valence-electron chi connectivity index (χ2n) is 9.06. The number of aliphatic hydroxyl groups is 1. The van der Waals surface area contributed by atoms with Gasteiger partial charge in [0.2, 0.25) is 0 Å². The molecule has 31 heavy (non-hydrogen) atoms. The Labute approximate surface area is 182 Å². The van der Waals surface area contributed by atoms with Crippen LogP contribution in [0.3, 0.4) is 0 Å². The first-order valence-electron chi connectivity index (χ1n) is 10.9. The third-order valence-electron chi connectivity index (χ3n) is 7.27. The molecule has 2 aromatic carbocycles. The van der Waals surface area contributed by atoms with Gasteiger partial charge in [-0.1, -0.05) is 24.1 Å². The molecule has 1 saturated carbocycles. The first-order valence-corrected chi connectivity index (χ1v) is 10.9. The predicted octanol–water partition coefficient (Wildman–Crippen LogP) is 3.95. The fourth-order valence-corrected chi connectivity index (χ4v) is 5.83. The molecule has 0 aliphatic heterocycles. The third kappa shape index (κ3) is 3.51. The summed E-state index contributed by atoms with van der Waals surface area (Å²) in [4.78, 5) is 0. The van der Waals surface area contributed by atoms with E-state index in [1.165, 1.54) is 16.7 Å². The minimum Gasteiger partial charge on any atom is -0.508 e. The van der Waals surface area contributed by atoms with Gasteiger partial charge in [-0.2, -0.15) is 0 Å². The largest absolute Gasteiger partial charge is 0.508 e. The topological polar surface area (TPSA) is 71.2 Å². The van der Waals surface area contributed by atoms with Crippen molar-refractivity contribution in [1.29, 1.82) is 0 Å². The summed E-state index contributed by atoms with van der Waals surface area (Å²) < 4.78 is 1.90. The molecule has 2 N–H and O–H groups in total. The van der Waals surface area contributed by atoms with Crippen molar-refractivity contribution in [2.45, 2.75) is 56.5 Å². The van der Waals surface area contributed by atoms with Gasteiger partial charge < -0.3 is 10.2 Å². The Morgan fingerprint density at radius 2 is 1.87 bits per heavy atom. The molecule has 1 fully saturated rings. The molecule has 3 aromatic rings. The Bertz CT molecular complexity index is 1140. The number of phenols is 1. The van der Waals surface area contributed by atoms with Gasteiger partial charge in [0.05, 0.1) is 0 Å². The summed E-state index contributed by atoms with van der Waals surface area (Å²) in [7, 11) is 0. The lowest BCUT2D eigenvalue weighted by Crippen LogP contribution is -2.50. The molecule has 5 rings (SSSR count). The Morgan fingerprint density at radius 3 is 2.61 bits per heavy atom. The molecular formula is C26H27N3O2. The monoisotopic (exact) mass is 413 g/mol. The van der Waals surface area contributed by atoms with E-state index in [4.69, 9.17) is 0 Å². The Morgan fingerprint density at radius 1 is 1.10 bits per heavy atom. The lowest BCUT2D eigenvalue weighted by atomic mass is 9.52. The molecule has 0 spiro atoms. The van der Waals surface area contributed by atoms with Crippen molar-refractivity contribution in [1.82, 2.24) is 14.8 Å². The number of phenolic OH excluding ortho intramolecular Hbond substituents is 1. The van der Waals surface area contributed by atoms with Crippen LogP contribution >= 0.6 is 0 Å². The Hall–Kier alpha value is -3.10. The van der Waals surface area contributed by atoms with E-state index in [0.29, 0.717) is 24.5 Å². The van der Waals surface area contributed by atoms with E-state index < -0.39 is 5.60 Å². The van der Waals surface area contributed by atoms with Gasteiger partial charge in [0.1, 0.15) is 24.0 Å². The third-order valence-corrected chi connectivity index (χ3v) is 7.27. The van der Waals surface area contributed by atoms with Gasteiger partial charge in [0, 0.05) is 11.1 Å². The molecule has 5 nitrogen and oxygen atoms in total. The van der Waals surface area contributed by atoms with E-state index in [0.717, 1.165) is 31.4 Å². The summed E-state index contributed by atoms with van der Waals surface area (Å²) in [6.45, 7) is 1.80. The van der Waals surface area contributed by atoms with Crippen molar-refractivity contribution in [2.24, 2.45) is 5.92 Å². The summed E-state index contributed by atoms with van der Waals surface area (Å²) in [6.07, 6.45) is 8.49. The Kier molecular flexibility index (Phi) is 4.83. The number of rotatable bonds is 3. The van der Waals surface area contributed by atoms with Gasteiger partial charge in [0.15, 0.2) is 0 Å². The number of benzene rings is 2. The van der Waals surface area contributed by atoms with Gasteiger partial charge in [-0.05, 0) is 92.3 Å². The minimum atomic E-state index is -0.893. The van der Waals surface area contributed by atoms with Gasteiger partial charge >= 0.3 is 0 Å². The fraction of sp³-hybridized carbons (Fsp3) is 0.385. The highest BCUT2D eigenvalue weighted by Gasteiger charge is 2.51. The molecular weight excluding hydrogens is 386 g/mol. The van der Waals surface area contributed by atoms with Gasteiger partial charge in [-0.3, -0.25) is 4.57 Å². The van der Waals surface area contributed by atoms with Crippen LogP contribution in [-0.4, -0.2) is 30.6 Å². The average Bonchev–Trinajstić information content (AvgIpc) is 3.30. The van der Waals surface area contributed by atoms with Crippen LogP contribution in [0.15, 0.2) is 55.1 Å². The molecule has 1 aromatic heterocycles. The van der Waals surface area contributed by atoms with Crippen molar-refractivity contribution in [3.8, 4) is 23.3 Å². The molecule has 5 heteroatoms. The zero-order valence-electron chi connectivity index (χ0n) is 17.8. The number of hydrogen-bond donors (Lipinski definition) is 2. The van der Waals surface area contributed by atoms with Crippen LogP contribution < -0.4 is 0 Å². The van der Waals surface area contributed by atoms with Gasteiger partial charge in [0.25, 0.3) is 0 Å². The number of aromatic nitrogens is 3. The van der Waals surface area contributed by atoms with Crippen molar-refractivity contribution < 1.29 is 10.2 Å². The second-order valence-corrected chi connectivity index (χ2v) is 9.06. The fourth-order valence-electron chi connectivity index (χ4n) is 5.83. The highest BCUT2D eigenvalue weighted by Crippen LogP contribution is 2.54. The van der Waals surface area contributed by atoms with Crippen molar-refractivity contribution in [2.75, 3.05) is 0 Å². The lowest BCUT2D eigenvalue weighted by Gasteiger charge is -2.52. The zero-order chi connectivity index (χ0) is 21.5. The molecule has 158 valence electrons. The highest BCUT2D eigenvalue weighted by atomic mass is 16.3. The summed E-state index contributed by atoms with van der Waals surface area (Å²) >= 11 is 0. The van der Waals surface area contributed by atoms with Crippen LogP contribution in [0.4, 0.5) is 0 Å². The van der Waals surface area contributed by atoms with Crippen LogP contribution in [0, 0.1) is 17.8 Å². The van der Waals surface area contributed by atoms with Crippen LogP contribution in [0.25, 0.3) is 5.69 Å². The molecule has 2 aliphatic carbocycles. The lowest BCUT2D eigenvalue weighted by molar-refractivity contribution is -0.00804. The first kappa shape index (κ1) is 19.8. The molecule has 0 bridgehead atoms. The van der Waals surface area contributed by atoms with Crippen molar-refractivity contribution >= 4 is 0 Å². The van der Waals surface area contributed by atoms with Crippen molar-refractivity contribution in [3.63, 3.8) is 0 Å².